The first-order valence-electron chi connectivity index (χ1n) is 10.0. The molecule has 0 radical (unpaired) electrons. The van der Waals surface area contributed by atoms with E-state index in [-0.39, 0.29) is 18.4 Å². The number of rotatable bonds is 2. The van der Waals surface area contributed by atoms with E-state index in [0.717, 1.165) is 28.2 Å². The number of carbonyl (C=O) groups is 2. The van der Waals surface area contributed by atoms with E-state index in [2.05, 4.69) is 0 Å². The number of halogens is 1. The van der Waals surface area contributed by atoms with Crippen molar-refractivity contribution in [2.24, 2.45) is 0 Å². The van der Waals surface area contributed by atoms with Crippen molar-refractivity contribution in [2.75, 3.05) is 11.5 Å². The fourth-order valence-electron chi connectivity index (χ4n) is 4.80. The molecular formula is C26H16ClNO3. The zero-order valence-electron chi connectivity index (χ0n) is 16.3. The number of Topliss-reactive ketones (excluding diaryl/α,β-unsaturated/α-hetero) is 1. The van der Waals surface area contributed by atoms with Crippen LogP contribution >= 0.6 is 11.6 Å². The van der Waals surface area contributed by atoms with Crippen LogP contribution in [0.25, 0.3) is 5.70 Å². The molecule has 0 N–H and O–H groups in total. The maximum absolute atomic E-state index is 13.7. The number of cyclic esters (lactones) is 1. The number of anilines is 1. The summed E-state index contributed by atoms with van der Waals surface area (Å²) in [6.45, 7) is 0.167. The minimum absolute atomic E-state index is 0.0577. The maximum Gasteiger partial charge on any atom is 0.337 e. The summed E-state index contributed by atoms with van der Waals surface area (Å²) in [4.78, 5) is 28.6. The minimum atomic E-state index is -0.503. The summed E-state index contributed by atoms with van der Waals surface area (Å²) in [6, 6.07) is 24.7. The summed E-state index contributed by atoms with van der Waals surface area (Å²) in [7, 11) is 0. The molecule has 1 aliphatic carbocycles. The fourth-order valence-corrected chi connectivity index (χ4v) is 4.93. The number of hydrogen-bond donors (Lipinski definition) is 0. The van der Waals surface area contributed by atoms with Crippen LogP contribution in [0.2, 0.25) is 5.02 Å². The lowest BCUT2D eigenvalue weighted by Gasteiger charge is -2.35. The highest BCUT2D eigenvalue weighted by molar-refractivity contribution is 6.30. The second kappa shape index (κ2) is 6.69. The normalized spacial score (nSPS) is 19.4. The first-order valence-corrected chi connectivity index (χ1v) is 10.4. The smallest absolute Gasteiger partial charge is 0.337 e. The number of ketones is 1. The van der Waals surface area contributed by atoms with Crippen LogP contribution in [0.5, 0.6) is 0 Å². The summed E-state index contributed by atoms with van der Waals surface area (Å²) in [5, 5.41) is 0.601. The zero-order chi connectivity index (χ0) is 21.1. The van der Waals surface area contributed by atoms with Gasteiger partial charge in [0.05, 0.1) is 17.0 Å². The van der Waals surface area contributed by atoms with E-state index in [1.165, 1.54) is 0 Å². The molecule has 3 aliphatic rings. The van der Waals surface area contributed by atoms with E-state index in [1.54, 1.807) is 12.1 Å². The van der Waals surface area contributed by atoms with Gasteiger partial charge in [-0.25, -0.2) is 4.79 Å². The monoisotopic (exact) mass is 425 g/mol. The number of para-hydroxylation sites is 1. The van der Waals surface area contributed by atoms with E-state index < -0.39 is 5.92 Å². The molecule has 0 saturated carbocycles. The van der Waals surface area contributed by atoms with Crippen molar-refractivity contribution in [2.45, 2.75) is 5.92 Å². The quantitative estimate of drug-likeness (QED) is 0.518. The summed E-state index contributed by atoms with van der Waals surface area (Å²) < 4.78 is 5.50. The largest absolute Gasteiger partial charge is 0.456 e. The number of fused-ring (bicyclic) bond motifs is 2. The van der Waals surface area contributed by atoms with Gasteiger partial charge in [-0.15, -0.1) is 0 Å². The van der Waals surface area contributed by atoms with E-state index in [9.17, 15) is 9.59 Å². The number of hydrogen-bond acceptors (Lipinski definition) is 4. The van der Waals surface area contributed by atoms with Crippen molar-refractivity contribution < 1.29 is 14.3 Å². The second-order valence-corrected chi connectivity index (χ2v) is 8.17. The van der Waals surface area contributed by atoms with Crippen molar-refractivity contribution in [1.82, 2.24) is 0 Å². The predicted octanol–water partition coefficient (Wildman–Crippen LogP) is 5.36. The van der Waals surface area contributed by atoms with Crippen LogP contribution in [-0.2, 0) is 9.53 Å². The number of allylic oxidation sites excluding steroid dienone is 1. The van der Waals surface area contributed by atoms with Gasteiger partial charge < -0.3 is 9.64 Å². The van der Waals surface area contributed by atoms with E-state index in [1.807, 2.05) is 71.6 Å². The lowest BCUT2D eigenvalue weighted by atomic mass is 9.79. The molecule has 5 heteroatoms. The van der Waals surface area contributed by atoms with Crippen LogP contribution in [0.3, 0.4) is 0 Å². The Bertz CT molecular complexity index is 1320. The van der Waals surface area contributed by atoms with Crippen molar-refractivity contribution in [3.8, 4) is 0 Å². The summed E-state index contributed by atoms with van der Waals surface area (Å²) in [5.74, 6) is -0.943. The molecule has 0 amide bonds. The van der Waals surface area contributed by atoms with E-state index >= 15 is 0 Å². The second-order valence-electron chi connectivity index (χ2n) is 7.73. The topological polar surface area (TPSA) is 46.6 Å². The molecule has 0 fully saturated rings. The Morgan fingerprint density at radius 1 is 0.806 bits per heavy atom. The molecule has 1 unspecified atom stereocenters. The minimum Gasteiger partial charge on any atom is -0.456 e. The molecule has 1 atom stereocenters. The molecule has 0 aromatic heterocycles. The Morgan fingerprint density at radius 2 is 1.48 bits per heavy atom. The molecule has 0 saturated heterocycles. The Hall–Kier alpha value is -3.63. The van der Waals surface area contributed by atoms with Gasteiger partial charge in [-0.05, 0) is 29.8 Å². The Kier molecular flexibility index (Phi) is 3.92. The third-order valence-corrected chi connectivity index (χ3v) is 6.34. The maximum atomic E-state index is 13.7. The molecule has 4 nitrogen and oxygen atoms in total. The van der Waals surface area contributed by atoms with Crippen LogP contribution in [-0.4, -0.2) is 18.4 Å². The average molecular weight is 426 g/mol. The van der Waals surface area contributed by atoms with E-state index in [4.69, 9.17) is 16.3 Å². The van der Waals surface area contributed by atoms with Gasteiger partial charge in [-0.3, -0.25) is 4.79 Å². The molecule has 2 heterocycles. The molecule has 31 heavy (non-hydrogen) atoms. The third-order valence-electron chi connectivity index (χ3n) is 6.09. The summed E-state index contributed by atoms with van der Waals surface area (Å²) in [5.41, 5.74) is 5.98. The van der Waals surface area contributed by atoms with Gasteiger partial charge in [0.2, 0.25) is 0 Å². The molecule has 2 aliphatic heterocycles. The van der Waals surface area contributed by atoms with Crippen LogP contribution in [0.15, 0.2) is 95.7 Å². The molecule has 6 rings (SSSR count). The average Bonchev–Trinajstić information content (AvgIpc) is 3.32. The predicted molar refractivity (Wildman–Crippen MR) is 119 cm³/mol. The Balaban J connectivity index is 1.68. The number of benzene rings is 3. The SMILES string of the molecule is O=C1OCC2=C1C(c1ccc(Cl)cc1)C1=C(c3ccccc3C1=O)N2c1ccccc1. The highest BCUT2D eigenvalue weighted by Gasteiger charge is 2.49. The molecule has 0 spiro atoms. The Labute approximate surface area is 184 Å². The molecule has 150 valence electrons. The molecule has 0 bridgehead atoms. The lowest BCUT2D eigenvalue weighted by molar-refractivity contribution is -0.136. The van der Waals surface area contributed by atoms with Gasteiger partial charge >= 0.3 is 5.97 Å². The number of nitrogens with zero attached hydrogens (tertiary/aromatic N) is 1. The standard InChI is InChI=1S/C26H16ClNO3/c27-16-12-10-15(11-13-16)21-22-20(14-31-26(22)30)28(17-6-2-1-3-7-17)24-18-8-4-5-9-19(18)25(29)23(21)24/h1-13,21H,14H2. The summed E-state index contributed by atoms with van der Waals surface area (Å²) >= 11 is 6.12. The van der Waals surface area contributed by atoms with Gasteiger partial charge in [0.25, 0.3) is 0 Å². The van der Waals surface area contributed by atoms with Gasteiger partial charge in [0.15, 0.2) is 5.78 Å². The Morgan fingerprint density at radius 3 is 2.23 bits per heavy atom. The molecule has 3 aromatic rings. The zero-order valence-corrected chi connectivity index (χ0v) is 17.1. The van der Waals surface area contributed by atoms with Crippen LogP contribution < -0.4 is 4.90 Å². The number of ether oxygens (including phenoxy) is 1. The van der Waals surface area contributed by atoms with Gasteiger partial charge in [0, 0.05) is 33.3 Å². The van der Waals surface area contributed by atoms with Crippen LogP contribution in [0, 0.1) is 0 Å². The van der Waals surface area contributed by atoms with Gasteiger partial charge in [0.1, 0.15) is 6.61 Å². The molecular weight excluding hydrogens is 410 g/mol. The van der Waals surface area contributed by atoms with Gasteiger partial charge in [-0.2, -0.15) is 0 Å². The summed E-state index contributed by atoms with van der Waals surface area (Å²) in [6.07, 6.45) is 0. The molecule has 3 aromatic carbocycles. The van der Waals surface area contributed by atoms with Crippen molar-refractivity contribution in [1.29, 1.82) is 0 Å². The van der Waals surface area contributed by atoms with Crippen LogP contribution in [0.1, 0.15) is 27.4 Å². The third kappa shape index (κ3) is 2.55. The van der Waals surface area contributed by atoms with Crippen molar-refractivity contribution in [3.05, 3.63) is 117 Å². The van der Waals surface area contributed by atoms with Crippen LogP contribution in [0.4, 0.5) is 5.69 Å². The number of esters is 1. The fraction of sp³-hybridized carbons (Fsp3) is 0.0769. The first-order chi connectivity index (χ1) is 15.1. The lowest BCUT2D eigenvalue weighted by Crippen LogP contribution is -2.30. The highest BCUT2D eigenvalue weighted by Crippen LogP contribution is 2.53. The van der Waals surface area contributed by atoms with Crippen molar-refractivity contribution in [3.63, 3.8) is 0 Å². The van der Waals surface area contributed by atoms with Gasteiger partial charge in [-0.1, -0.05) is 66.2 Å². The first kappa shape index (κ1) is 18.2. The van der Waals surface area contributed by atoms with Crippen molar-refractivity contribution >= 4 is 34.7 Å². The highest BCUT2D eigenvalue weighted by atomic mass is 35.5. The number of carbonyl (C=O) groups excluding carboxylic acids is 2. The van der Waals surface area contributed by atoms with E-state index in [0.29, 0.717) is 21.7 Å².